The van der Waals surface area contributed by atoms with Crippen molar-refractivity contribution < 1.29 is 14.3 Å². The number of hydrogen-bond donors (Lipinski definition) is 2. The molecule has 1 amide bonds. The highest BCUT2D eigenvalue weighted by molar-refractivity contribution is 7.99. The number of nitrogens with one attached hydrogen (secondary N) is 2. The van der Waals surface area contributed by atoms with Gasteiger partial charge >= 0.3 is 11.7 Å². The SMILES string of the molecule is CCCn1c(SCC(=O)Nc2ccc(C=CC(=O)OCC)cc2)n[nH]c1=O. The standard InChI is InChI=1S/C18H22N4O4S/c1-3-11-22-17(25)20-21-18(22)27-12-15(23)19-14-8-5-13(6-9-14)7-10-16(24)26-4-2/h5-10H,3-4,11-12H2,1-2H3,(H,19,23)(H,20,25). The van der Waals surface area contributed by atoms with Crippen molar-refractivity contribution in [2.24, 2.45) is 0 Å². The molecule has 2 aromatic rings. The molecule has 8 nitrogen and oxygen atoms in total. The minimum atomic E-state index is -0.396. The fourth-order valence-electron chi connectivity index (χ4n) is 2.19. The van der Waals surface area contributed by atoms with Crippen molar-refractivity contribution in [3.8, 4) is 0 Å². The van der Waals surface area contributed by atoms with Crippen LogP contribution in [0.25, 0.3) is 6.08 Å². The predicted molar refractivity (Wildman–Crippen MR) is 105 cm³/mol. The van der Waals surface area contributed by atoms with Gasteiger partial charge in [-0.05, 0) is 37.1 Å². The quantitative estimate of drug-likeness (QED) is 0.387. The Bertz CT molecular complexity index is 855. The van der Waals surface area contributed by atoms with Gasteiger partial charge in [0.25, 0.3) is 0 Å². The van der Waals surface area contributed by atoms with Crippen molar-refractivity contribution >= 4 is 35.4 Å². The van der Waals surface area contributed by atoms with Crippen molar-refractivity contribution in [1.29, 1.82) is 0 Å². The lowest BCUT2D eigenvalue weighted by molar-refractivity contribution is -0.137. The molecule has 27 heavy (non-hydrogen) atoms. The second kappa shape index (κ2) is 10.4. The molecular formula is C18H22N4O4S. The van der Waals surface area contributed by atoms with Crippen LogP contribution in [0.5, 0.6) is 0 Å². The molecule has 144 valence electrons. The summed E-state index contributed by atoms with van der Waals surface area (Å²) in [5.41, 5.74) is 1.18. The second-order valence-corrected chi connectivity index (χ2v) is 6.45. The van der Waals surface area contributed by atoms with E-state index in [2.05, 4.69) is 15.5 Å². The van der Waals surface area contributed by atoms with Crippen LogP contribution in [0.1, 0.15) is 25.8 Å². The molecule has 0 spiro atoms. The minimum absolute atomic E-state index is 0.137. The van der Waals surface area contributed by atoms with Crippen LogP contribution in [0.15, 0.2) is 40.3 Å². The Kier molecular flexibility index (Phi) is 7.87. The summed E-state index contributed by atoms with van der Waals surface area (Å²) in [6.45, 7) is 4.60. The number of hydrogen-bond acceptors (Lipinski definition) is 6. The molecule has 0 saturated heterocycles. The number of anilines is 1. The number of H-pyrrole nitrogens is 1. The highest BCUT2D eigenvalue weighted by Gasteiger charge is 2.11. The first-order chi connectivity index (χ1) is 13.0. The number of esters is 1. The van der Waals surface area contributed by atoms with Crippen LogP contribution in [0.3, 0.4) is 0 Å². The van der Waals surface area contributed by atoms with Crippen molar-refractivity contribution in [2.45, 2.75) is 32.0 Å². The van der Waals surface area contributed by atoms with E-state index in [-0.39, 0.29) is 17.3 Å². The highest BCUT2D eigenvalue weighted by Crippen LogP contribution is 2.15. The van der Waals surface area contributed by atoms with Gasteiger partial charge in [-0.2, -0.15) is 0 Å². The normalized spacial score (nSPS) is 10.9. The van der Waals surface area contributed by atoms with Crippen molar-refractivity contribution in [3.63, 3.8) is 0 Å². The van der Waals surface area contributed by atoms with E-state index in [1.165, 1.54) is 22.4 Å². The van der Waals surface area contributed by atoms with E-state index in [1.54, 1.807) is 37.3 Å². The van der Waals surface area contributed by atoms with Crippen LogP contribution in [-0.4, -0.2) is 39.0 Å². The lowest BCUT2D eigenvalue weighted by Crippen LogP contribution is -2.18. The largest absolute Gasteiger partial charge is 0.463 e. The summed E-state index contributed by atoms with van der Waals surface area (Å²) >= 11 is 1.20. The van der Waals surface area contributed by atoms with Gasteiger partial charge in [0.1, 0.15) is 0 Å². The van der Waals surface area contributed by atoms with Gasteiger partial charge in [0.15, 0.2) is 5.16 Å². The van der Waals surface area contributed by atoms with Gasteiger partial charge in [0.05, 0.1) is 12.4 Å². The molecule has 0 fully saturated rings. The number of benzene rings is 1. The zero-order chi connectivity index (χ0) is 19.6. The fraction of sp³-hybridized carbons (Fsp3) is 0.333. The summed E-state index contributed by atoms with van der Waals surface area (Å²) in [4.78, 5) is 35.0. The van der Waals surface area contributed by atoms with Crippen molar-refractivity contribution in [3.05, 3.63) is 46.4 Å². The van der Waals surface area contributed by atoms with Gasteiger partial charge in [0.2, 0.25) is 5.91 Å². The number of thioether (sulfide) groups is 1. The Labute approximate surface area is 161 Å². The van der Waals surface area contributed by atoms with E-state index in [0.717, 1.165) is 12.0 Å². The molecular weight excluding hydrogens is 368 g/mol. The van der Waals surface area contributed by atoms with Crippen molar-refractivity contribution in [2.75, 3.05) is 17.7 Å². The molecule has 1 heterocycles. The number of aromatic amines is 1. The molecule has 0 saturated carbocycles. The molecule has 1 aromatic carbocycles. The third-order valence-electron chi connectivity index (χ3n) is 3.40. The Morgan fingerprint density at radius 2 is 2.04 bits per heavy atom. The van der Waals surface area contributed by atoms with E-state index < -0.39 is 5.97 Å². The number of nitrogens with zero attached hydrogens (tertiary/aromatic N) is 2. The lowest BCUT2D eigenvalue weighted by atomic mass is 10.2. The first-order valence-electron chi connectivity index (χ1n) is 8.56. The van der Waals surface area contributed by atoms with Gasteiger partial charge in [-0.3, -0.25) is 9.36 Å². The number of aromatic nitrogens is 3. The lowest BCUT2D eigenvalue weighted by Gasteiger charge is -2.06. The summed E-state index contributed by atoms with van der Waals surface area (Å²) in [6.07, 6.45) is 3.80. The smallest absolute Gasteiger partial charge is 0.343 e. The third kappa shape index (κ3) is 6.45. The van der Waals surface area contributed by atoms with Crippen LogP contribution in [-0.2, 0) is 20.9 Å². The van der Waals surface area contributed by atoms with Crippen LogP contribution >= 0.6 is 11.8 Å². The van der Waals surface area contributed by atoms with Crippen LogP contribution in [0.2, 0.25) is 0 Å². The first kappa shape index (κ1) is 20.5. The number of rotatable bonds is 9. The second-order valence-electron chi connectivity index (χ2n) is 5.51. The van der Waals surface area contributed by atoms with E-state index in [1.807, 2.05) is 6.92 Å². The van der Waals surface area contributed by atoms with Gasteiger partial charge in [-0.15, -0.1) is 5.10 Å². The molecule has 0 aliphatic heterocycles. The molecule has 0 aliphatic rings. The molecule has 0 bridgehead atoms. The molecule has 0 radical (unpaired) electrons. The monoisotopic (exact) mass is 390 g/mol. The molecule has 1 aromatic heterocycles. The third-order valence-corrected chi connectivity index (χ3v) is 4.37. The summed E-state index contributed by atoms with van der Waals surface area (Å²) in [6, 6.07) is 7.06. The van der Waals surface area contributed by atoms with Gasteiger partial charge < -0.3 is 10.1 Å². The first-order valence-corrected chi connectivity index (χ1v) is 9.54. The van der Waals surface area contributed by atoms with E-state index in [0.29, 0.717) is 24.0 Å². The highest BCUT2D eigenvalue weighted by atomic mass is 32.2. The van der Waals surface area contributed by atoms with Gasteiger partial charge in [0, 0.05) is 18.3 Å². The maximum absolute atomic E-state index is 12.1. The fourth-order valence-corrected chi connectivity index (χ4v) is 2.97. The summed E-state index contributed by atoms with van der Waals surface area (Å²) < 4.78 is 6.33. The minimum Gasteiger partial charge on any atom is -0.463 e. The van der Waals surface area contributed by atoms with Gasteiger partial charge in [-0.25, -0.2) is 14.7 Å². The van der Waals surface area contributed by atoms with Crippen molar-refractivity contribution in [1.82, 2.24) is 14.8 Å². The average Bonchev–Trinajstić information content (AvgIpc) is 3.00. The predicted octanol–water partition coefficient (Wildman–Crippen LogP) is 2.29. The topological polar surface area (TPSA) is 106 Å². The average molecular weight is 390 g/mol. The van der Waals surface area contributed by atoms with Crippen LogP contribution < -0.4 is 11.0 Å². The molecule has 2 rings (SSSR count). The Hall–Kier alpha value is -2.81. The van der Waals surface area contributed by atoms with E-state index >= 15 is 0 Å². The molecule has 9 heteroatoms. The molecule has 0 atom stereocenters. The zero-order valence-electron chi connectivity index (χ0n) is 15.2. The van der Waals surface area contributed by atoms with E-state index in [4.69, 9.17) is 4.74 Å². The maximum atomic E-state index is 12.1. The zero-order valence-corrected chi connectivity index (χ0v) is 16.0. The summed E-state index contributed by atoms with van der Waals surface area (Å²) in [5.74, 6) is -0.460. The number of amides is 1. The Balaban J connectivity index is 1.87. The van der Waals surface area contributed by atoms with Crippen LogP contribution in [0.4, 0.5) is 5.69 Å². The molecule has 0 unspecified atom stereocenters. The molecule has 0 aliphatic carbocycles. The summed E-state index contributed by atoms with van der Waals surface area (Å²) in [7, 11) is 0. The number of ether oxygens (including phenoxy) is 1. The number of carbonyl (C=O) groups is 2. The number of carbonyl (C=O) groups excluding carboxylic acids is 2. The Morgan fingerprint density at radius 3 is 2.70 bits per heavy atom. The van der Waals surface area contributed by atoms with Crippen LogP contribution in [0, 0.1) is 0 Å². The molecule has 2 N–H and O–H groups in total. The maximum Gasteiger partial charge on any atom is 0.343 e. The van der Waals surface area contributed by atoms with E-state index in [9.17, 15) is 14.4 Å². The van der Waals surface area contributed by atoms with Gasteiger partial charge in [-0.1, -0.05) is 30.8 Å². The summed E-state index contributed by atoms with van der Waals surface area (Å²) in [5, 5.41) is 9.61. The Morgan fingerprint density at radius 1 is 1.30 bits per heavy atom.